The highest BCUT2D eigenvalue weighted by molar-refractivity contribution is 5.59. The Hall–Kier alpha value is -1.62. The second kappa shape index (κ2) is 6.07. The molecule has 0 aliphatic heterocycles. The van der Waals surface area contributed by atoms with E-state index in [9.17, 15) is 10.1 Å². The molecule has 16 heavy (non-hydrogen) atoms. The van der Waals surface area contributed by atoms with E-state index in [2.05, 4.69) is 12.2 Å². The summed E-state index contributed by atoms with van der Waals surface area (Å²) in [6.07, 6.45) is 2.24. The first-order chi connectivity index (χ1) is 7.65. The SMILES string of the molecule is CCCCNCc1ccc(N)c([N+](=O)[O-])c1. The van der Waals surface area contributed by atoms with Crippen molar-refractivity contribution in [3.05, 3.63) is 33.9 Å². The number of benzene rings is 1. The summed E-state index contributed by atoms with van der Waals surface area (Å²) in [7, 11) is 0. The Labute approximate surface area is 94.8 Å². The van der Waals surface area contributed by atoms with Gasteiger partial charge in [-0.15, -0.1) is 0 Å². The number of nitro groups is 1. The van der Waals surface area contributed by atoms with Crippen LogP contribution >= 0.6 is 0 Å². The fourth-order valence-corrected chi connectivity index (χ4v) is 1.39. The van der Waals surface area contributed by atoms with Crippen LogP contribution in [0.25, 0.3) is 0 Å². The summed E-state index contributed by atoms with van der Waals surface area (Å²) in [5.74, 6) is 0. The molecule has 0 heterocycles. The number of hydrogen-bond acceptors (Lipinski definition) is 4. The lowest BCUT2D eigenvalue weighted by Crippen LogP contribution is -2.14. The Morgan fingerprint density at radius 1 is 1.50 bits per heavy atom. The quantitative estimate of drug-likeness (QED) is 0.335. The molecule has 0 bridgehead atoms. The minimum Gasteiger partial charge on any atom is -0.393 e. The maximum Gasteiger partial charge on any atom is 0.292 e. The summed E-state index contributed by atoms with van der Waals surface area (Å²) in [5.41, 5.74) is 6.58. The smallest absolute Gasteiger partial charge is 0.292 e. The van der Waals surface area contributed by atoms with E-state index in [0.717, 1.165) is 24.9 Å². The minimum absolute atomic E-state index is 0.0187. The maximum absolute atomic E-state index is 10.7. The highest BCUT2D eigenvalue weighted by Gasteiger charge is 2.11. The molecule has 3 N–H and O–H groups in total. The van der Waals surface area contributed by atoms with Crippen molar-refractivity contribution in [1.29, 1.82) is 0 Å². The van der Waals surface area contributed by atoms with Crippen molar-refractivity contribution in [1.82, 2.24) is 5.32 Å². The molecular formula is C11H17N3O2. The highest BCUT2D eigenvalue weighted by atomic mass is 16.6. The molecule has 0 aliphatic carbocycles. The molecule has 0 atom stereocenters. The fourth-order valence-electron chi connectivity index (χ4n) is 1.39. The third-order valence-electron chi connectivity index (χ3n) is 2.33. The van der Waals surface area contributed by atoms with Crippen molar-refractivity contribution >= 4 is 11.4 Å². The Morgan fingerprint density at radius 3 is 2.88 bits per heavy atom. The summed E-state index contributed by atoms with van der Waals surface area (Å²) < 4.78 is 0. The molecule has 5 heteroatoms. The third kappa shape index (κ3) is 3.51. The van der Waals surface area contributed by atoms with E-state index in [4.69, 9.17) is 5.73 Å². The second-order valence-electron chi connectivity index (χ2n) is 3.68. The molecule has 5 nitrogen and oxygen atoms in total. The summed E-state index contributed by atoms with van der Waals surface area (Å²) in [4.78, 5) is 10.2. The summed E-state index contributed by atoms with van der Waals surface area (Å²) in [6, 6.07) is 4.91. The van der Waals surface area contributed by atoms with Crippen LogP contribution in [0.2, 0.25) is 0 Å². The van der Waals surface area contributed by atoms with Gasteiger partial charge in [-0.2, -0.15) is 0 Å². The van der Waals surface area contributed by atoms with Crippen LogP contribution in [0.4, 0.5) is 11.4 Å². The molecule has 1 aromatic carbocycles. The zero-order valence-electron chi connectivity index (χ0n) is 9.40. The number of nitrogen functional groups attached to an aromatic ring is 1. The van der Waals surface area contributed by atoms with Crippen LogP contribution < -0.4 is 11.1 Å². The Bertz CT molecular complexity index is 366. The molecule has 88 valence electrons. The molecule has 0 radical (unpaired) electrons. The van der Waals surface area contributed by atoms with Gasteiger partial charge in [-0.3, -0.25) is 10.1 Å². The largest absolute Gasteiger partial charge is 0.393 e. The molecule has 0 saturated heterocycles. The number of nitrogens with zero attached hydrogens (tertiary/aromatic N) is 1. The van der Waals surface area contributed by atoms with E-state index in [1.54, 1.807) is 12.1 Å². The third-order valence-corrected chi connectivity index (χ3v) is 2.33. The average molecular weight is 223 g/mol. The predicted molar refractivity (Wildman–Crippen MR) is 64.1 cm³/mol. The van der Waals surface area contributed by atoms with Crippen molar-refractivity contribution < 1.29 is 4.92 Å². The zero-order valence-corrected chi connectivity index (χ0v) is 9.40. The normalized spacial score (nSPS) is 10.3. The number of nitro benzene ring substituents is 1. The minimum atomic E-state index is -0.453. The first-order valence-corrected chi connectivity index (χ1v) is 5.38. The van der Waals surface area contributed by atoms with Crippen LogP contribution in [0.3, 0.4) is 0 Å². The molecule has 0 fully saturated rings. The van der Waals surface area contributed by atoms with Gasteiger partial charge in [0.05, 0.1) is 4.92 Å². The predicted octanol–water partition coefficient (Wildman–Crippen LogP) is 2.07. The molecule has 1 aromatic rings. The van der Waals surface area contributed by atoms with Gasteiger partial charge < -0.3 is 11.1 Å². The van der Waals surface area contributed by atoms with Crippen LogP contribution in [0, 0.1) is 10.1 Å². The summed E-state index contributed by atoms with van der Waals surface area (Å²) >= 11 is 0. The lowest BCUT2D eigenvalue weighted by molar-refractivity contribution is -0.384. The van der Waals surface area contributed by atoms with Gasteiger partial charge in [-0.25, -0.2) is 0 Å². The second-order valence-corrected chi connectivity index (χ2v) is 3.68. The molecule has 0 aliphatic rings. The first kappa shape index (κ1) is 12.4. The lowest BCUT2D eigenvalue weighted by Gasteiger charge is -2.04. The van der Waals surface area contributed by atoms with E-state index in [1.807, 2.05) is 0 Å². The molecule has 0 amide bonds. The van der Waals surface area contributed by atoms with Crippen molar-refractivity contribution in [3.63, 3.8) is 0 Å². The Kier molecular flexibility index (Phi) is 4.72. The number of nitrogens with one attached hydrogen (secondary N) is 1. The first-order valence-electron chi connectivity index (χ1n) is 5.38. The van der Waals surface area contributed by atoms with Crippen LogP contribution in [0.5, 0.6) is 0 Å². The molecule has 0 spiro atoms. The van der Waals surface area contributed by atoms with E-state index in [-0.39, 0.29) is 11.4 Å². The van der Waals surface area contributed by atoms with Crippen LogP contribution in [-0.4, -0.2) is 11.5 Å². The fraction of sp³-hybridized carbons (Fsp3) is 0.455. The van der Waals surface area contributed by atoms with Gasteiger partial charge in [0.25, 0.3) is 5.69 Å². The average Bonchev–Trinajstić information content (AvgIpc) is 2.26. The lowest BCUT2D eigenvalue weighted by atomic mass is 10.1. The molecular weight excluding hydrogens is 206 g/mol. The Balaban J connectivity index is 2.61. The van der Waals surface area contributed by atoms with Crippen LogP contribution in [-0.2, 0) is 6.54 Å². The monoisotopic (exact) mass is 223 g/mol. The van der Waals surface area contributed by atoms with Gasteiger partial charge in [0, 0.05) is 12.6 Å². The van der Waals surface area contributed by atoms with Crippen molar-refractivity contribution in [3.8, 4) is 0 Å². The van der Waals surface area contributed by atoms with E-state index in [1.165, 1.54) is 6.07 Å². The van der Waals surface area contributed by atoms with Gasteiger partial charge in [0.15, 0.2) is 0 Å². The van der Waals surface area contributed by atoms with E-state index in [0.29, 0.717) is 6.54 Å². The van der Waals surface area contributed by atoms with E-state index >= 15 is 0 Å². The number of unbranched alkanes of at least 4 members (excludes halogenated alkanes) is 1. The summed E-state index contributed by atoms with van der Waals surface area (Å²) in [5, 5.41) is 13.9. The topological polar surface area (TPSA) is 81.2 Å². The van der Waals surface area contributed by atoms with Crippen molar-refractivity contribution in [2.45, 2.75) is 26.3 Å². The van der Waals surface area contributed by atoms with Gasteiger partial charge in [0.2, 0.25) is 0 Å². The number of hydrogen-bond donors (Lipinski definition) is 2. The van der Waals surface area contributed by atoms with Crippen LogP contribution in [0.1, 0.15) is 25.3 Å². The zero-order chi connectivity index (χ0) is 12.0. The maximum atomic E-state index is 10.7. The highest BCUT2D eigenvalue weighted by Crippen LogP contribution is 2.22. The molecule has 0 aromatic heterocycles. The van der Waals surface area contributed by atoms with Crippen LogP contribution in [0.15, 0.2) is 18.2 Å². The molecule has 0 unspecified atom stereocenters. The molecule has 0 saturated carbocycles. The summed E-state index contributed by atoms with van der Waals surface area (Å²) in [6.45, 7) is 3.69. The Morgan fingerprint density at radius 2 is 2.25 bits per heavy atom. The van der Waals surface area contributed by atoms with E-state index < -0.39 is 4.92 Å². The standard InChI is InChI=1S/C11H17N3O2/c1-2-3-6-13-8-9-4-5-10(12)11(7-9)14(15)16/h4-5,7,13H,2-3,6,8,12H2,1H3. The van der Waals surface area contributed by atoms with Crippen molar-refractivity contribution in [2.24, 2.45) is 0 Å². The number of anilines is 1. The van der Waals surface area contributed by atoms with Crippen molar-refractivity contribution in [2.75, 3.05) is 12.3 Å². The number of nitrogens with two attached hydrogens (primary N) is 1. The van der Waals surface area contributed by atoms with Gasteiger partial charge in [-0.1, -0.05) is 19.4 Å². The number of rotatable bonds is 6. The van der Waals surface area contributed by atoms with Gasteiger partial charge in [0.1, 0.15) is 5.69 Å². The van der Waals surface area contributed by atoms with Gasteiger partial charge in [-0.05, 0) is 24.6 Å². The molecule has 1 rings (SSSR count). The van der Waals surface area contributed by atoms with Gasteiger partial charge >= 0.3 is 0 Å².